The first-order valence-corrected chi connectivity index (χ1v) is 12.2. The molecule has 7 heteroatoms. The number of halogens is 1. The van der Waals surface area contributed by atoms with Crippen LogP contribution < -0.4 is 5.56 Å². The zero-order valence-electron chi connectivity index (χ0n) is 17.3. The summed E-state index contributed by atoms with van der Waals surface area (Å²) in [5.41, 5.74) is 1.62. The molecule has 3 aromatic rings. The average Bonchev–Trinajstić information content (AvgIpc) is 2.75. The molecular formula is C23H26IN3O2S. The Morgan fingerprint density at radius 1 is 1.10 bits per heavy atom. The van der Waals surface area contributed by atoms with E-state index in [2.05, 4.69) is 36.4 Å². The van der Waals surface area contributed by atoms with Crippen molar-refractivity contribution in [1.29, 1.82) is 0 Å². The molecule has 0 aliphatic rings. The van der Waals surface area contributed by atoms with Crippen molar-refractivity contribution in [2.75, 3.05) is 18.8 Å². The summed E-state index contributed by atoms with van der Waals surface area (Å²) in [6, 6.07) is 15.6. The molecular weight excluding hydrogens is 509 g/mol. The second kappa shape index (κ2) is 10.9. The van der Waals surface area contributed by atoms with Crippen molar-refractivity contribution in [3.8, 4) is 0 Å². The molecule has 0 saturated heterocycles. The third-order valence-electron chi connectivity index (χ3n) is 4.73. The maximum atomic E-state index is 13.3. The summed E-state index contributed by atoms with van der Waals surface area (Å²) in [5, 5.41) is 1.19. The minimum Gasteiger partial charge on any atom is -0.342 e. The third kappa shape index (κ3) is 5.63. The van der Waals surface area contributed by atoms with Gasteiger partial charge in [0.15, 0.2) is 5.16 Å². The lowest BCUT2D eigenvalue weighted by atomic mass is 10.2. The Balaban J connectivity index is 1.95. The predicted molar refractivity (Wildman–Crippen MR) is 132 cm³/mol. The number of aromatic nitrogens is 2. The lowest BCUT2D eigenvalue weighted by Crippen LogP contribution is -2.34. The Bertz CT molecular complexity index is 1060. The third-order valence-corrected chi connectivity index (χ3v) is 6.36. The Morgan fingerprint density at radius 2 is 1.80 bits per heavy atom. The fourth-order valence-corrected chi connectivity index (χ4v) is 4.70. The van der Waals surface area contributed by atoms with Crippen LogP contribution in [0.1, 0.15) is 32.3 Å². The molecule has 0 saturated carbocycles. The Labute approximate surface area is 195 Å². The van der Waals surface area contributed by atoms with Crippen LogP contribution in [0.2, 0.25) is 0 Å². The van der Waals surface area contributed by atoms with Crippen LogP contribution in [-0.4, -0.2) is 39.2 Å². The number of fused-ring (bicyclic) bond motifs is 1. The number of nitrogens with zero attached hydrogens (tertiary/aromatic N) is 3. The zero-order valence-corrected chi connectivity index (χ0v) is 20.3. The van der Waals surface area contributed by atoms with Crippen LogP contribution >= 0.6 is 34.4 Å². The lowest BCUT2D eigenvalue weighted by Gasteiger charge is -2.21. The van der Waals surface area contributed by atoms with Crippen LogP contribution in [0, 0.1) is 3.57 Å². The first-order valence-electron chi connectivity index (χ1n) is 10.2. The van der Waals surface area contributed by atoms with Crippen molar-refractivity contribution < 1.29 is 4.79 Å². The van der Waals surface area contributed by atoms with Gasteiger partial charge < -0.3 is 4.90 Å². The van der Waals surface area contributed by atoms with Crippen LogP contribution in [0.3, 0.4) is 0 Å². The summed E-state index contributed by atoms with van der Waals surface area (Å²) in [6.07, 6.45) is 1.87. The molecule has 3 rings (SSSR count). The van der Waals surface area contributed by atoms with Gasteiger partial charge in [-0.25, -0.2) is 4.98 Å². The van der Waals surface area contributed by atoms with E-state index in [4.69, 9.17) is 4.98 Å². The molecule has 1 heterocycles. The highest BCUT2D eigenvalue weighted by Gasteiger charge is 2.17. The van der Waals surface area contributed by atoms with E-state index in [1.54, 1.807) is 4.57 Å². The maximum Gasteiger partial charge on any atom is 0.262 e. The van der Waals surface area contributed by atoms with Crippen molar-refractivity contribution >= 4 is 51.2 Å². The van der Waals surface area contributed by atoms with Gasteiger partial charge in [0.2, 0.25) is 5.91 Å². The van der Waals surface area contributed by atoms with Crippen molar-refractivity contribution in [3.05, 3.63) is 68.0 Å². The summed E-state index contributed by atoms with van der Waals surface area (Å²) < 4.78 is 2.69. The molecule has 0 spiro atoms. The Kier molecular flexibility index (Phi) is 8.32. The van der Waals surface area contributed by atoms with E-state index in [9.17, 15) is 9.59 Å². The number of rotatable bonds is 9. The van der Waals surface area contributed by atoms with Gasteiger partial charge >= 0.3 is 0 Å². The zero-order chi connectivity index (χ0) is 21.5. The lowest BCUT2D eigenvalue weighted by molar-refractivity contribution is -0.128. The molecule has 0 bridgehead atoms. The van der Waals surface area contributed by atoms with E-state index in [1.807, 2.05) is 53.4 Å². The molecule has 0 unspecified atom stereocenters. The molecule has 158 valence electrons. The van der Waals surface area contributed by atoms with E-state index < -0.39 is 0 Å². The SMILES string of the molecule is CCCN(CCC)C(=O)CSc1nc2ccc(I)cc2c(=O)n1Cc1ccccc1. The van der Waals surface area contributed by atoms with Crippen LogP contribution in [0.4, 0.5) is 0 Å². The highest BCUT2D eigenvalue weighted by molar-refractivity contribution is 14.1. The summed E-state index contributed by atoms with van der Waals surface area (Å²) in [6.45, 7) is 6.10. The number of amides is 1. The van der Waals surface area contributed by atoms with E-state index in [0.29, 0.717) is 22.6 Å². The number of hydrogen-bond acceptors (Lipinski definition) is 4. The average molecular weight is 535 g/mol. The standard InChI is InChI=1S/C23H26IN3O2S/c1-3-12-26(13-4-2)21(28)16-30-23-25-20-11-10-18(24)14-19(20)22(29)27(23)15-17-8-6-5-7-9-17/h5-11,14H,3-4,12-13,15-16H2,1-2H3. The van der Waals surface area contributed by atoms with E-state index in [1.165, 1.54) is 11.8 Å². The second-order valence-electron chi connectivity index (χ2n) is 7.10. The van der Waals surface area contributed by atoms with Gasteiger partial charge in [0.25, 0.3) is 5.56 Å². The number of thioether (sulfide) groups is 1. The quantitative estimate of drug-likeness (QED) is 0.225. The number of hydrogen-bond donors (Lipinski definition) is 0. The fraction of sp³-hybridized carbons (Fsp3) is 0.348. The molecule has 0 atom stereocenters. The normalized spacial score (nSPS) is 11.0. The monoisotopic (exact) mass is 535 g/mol. The number of carbonyl (C=O) groups is 1. The molecule has 30 heavy (non-hydrogen) atoms. The maximum absolute atomic E-state index is 13.3. The van der Waals surface area contributed by atoms with Gasteiger partial charge in [-0.1, -0.05) is 55.9 Å². The minimum atomic E-state index is -0.0729. The summed E-state index contributed by atoms with van der Waals surface area (Å²) in [7, 11) is 0. The van der Waals surface area contributed by atoms with Crippen LogP contribution in [0.5, 0.6) is 0 Å². The first kappa shape index (κ1) is 22.8. The smallest absolute Gasteiger partial charge is 0.262 e. The van der Waals surface area contributed by atoms with E-state index in [-0.39, 0.29) is 17.2 Å². The van der Waals surface area contributed by atoms with Gasteiger partial charge in [0.1, 0.15) is 0 Å². The molecule has 1 aromatic heterocycles. The van der Waals surface area contributed by atoms with Crippen molar-refractivity contribution in [1.82, 2.24) is 14.5 Å². The predicted octanol–water partition coefficient (Wildman–Crippen LogP) is 4.79. The topological polar surface area (TPSA) is 55.2 Å². The highest BCUT2D eigenvalue weighted by atomic mass is 127. The Hall–Kier alpha value is -1.87. The minimum absolute atomic E-state index is 0.0729. The van der Waals surface area contributed by atoms with Crippen LogP contribution in [0.25, 0.3) is 10.9 Å². The van der Waals surface area contributed by atoms with E-state index in [0.717, 1.165) is 35.1 Å². The van der Waals surface area contributed by atoms with Gasteiger partial charge in [0.05, 0.1) is 23.2 Å². The second-order valence-corrected chi connectivity index (χ2v) is 9.29. The van der Waals surface area contributed by atoms with Crippen LogP contribution in [-0.2, 0) is 11.3 Å². The molecule has 0 N–H and O–H groups in total. The van der Waals surface area contributed by atoms with Gasteiger partial charge in [-0.05, 0) is 59.2 Å². The Morgan fingerprint density at radius 3 is 2.47 bits per heavy atom. The molecule has 2 aromatic carbocycles. The van der Waals surface area contributed by atoms with Gasteiger partial charge in [-0.15, -0.1) is 0 Å². The van der Waals surface area contributed by atoms with Gasteiger partial charge in [0, 0.05) is 16.7 Å². The molecule has 0 radical (unpaired) electrons. The van der Waals surface area contributed by atoms with Crippen molar-refractivity contribution in [3.63, 3.8) is 0 Å². The van der Waals surface area contributed by atoms with Crippen molar-refractivity contribution in [2.24, 2.45) is 0 Å². The number of benzene rings is 2. The fourth-order valence-electron chi connectivity index (χ4n) is 3.31. The molecule has 0 aliphatic heterocycles. The number of carbonyl (C=O) groups excluding carboxylic acids is 1. The molecule has 0 aliphatic carbocycles. The van der Waals surface area contributed by atoms with Gasteiger partial charge in [-0.2, -0.15) is 0 Å². The summed E-state index contributed by atoms with van der Waals surface area (Å²) in [5.74, 6) is 0.365. The molecule has 0 fully saturated rings. The summed E-state index contributed by atoms with van der Waals surface area (Å²) in [4.78, 5) is 32.7. The largest absolute Gasteiger partial charge is 0.342 e. The summed E-state index contributed by atoms with van der Waals surface area (Å²) >= 11 is 3.55. The van der Waals surface area contributed by atoms with E-state index >= 15 is 0 Å². The first-order chi connectivity index (χ1) is 14.5. The van der Waals surface area contributed by atoms with Gasteiger partial charge in [-0.3, -0.25) is 14.2 Å². The molecule has 1 amide bonds. The van der Waals surface area contributed by atoms with Crippen LogP contribution in [0.15, 0.2) is 58.5 Å². The van der Waals surface area contributed by atoms with Crippen molar-refractivity contribution in [2.45, 2.75) is 38.4 Å². The molecule has 5 nitrogen and oxygen atoms in total. The highest BCUT2D eigenvalue weighted by Crippen LogP contribution is 2.21.